The first-order valence-corrected chi connectivity index (χ1v) is 9.63. The van der Waals surface area contributed by atoms with Gasteiger partial charge in [-0.25, -0.2) is 0 Å². The molecule has 9 heteroatoms. The van der Waals surface area contributed by atoms with Crippen molar-refractivity contribution in [2.45, 2.75) is 37.1 Å². The van der Waals surface area contributed by atoms with Crippen LogP contribution >= 0.6 is 23.4 Å². The normalized spacial score (nSPS) is 13.2. The number of benzene rings is 1. The van der Waals surface area contributed by atoms with Gasteiger partial charge < -0.3 is 10.1 Å². The second-order valence-electron chi connectivity index (χ2n) is 5.77. The summed E-state index contributed by atoms with van der Waals surface area (Å²) in [6, 6.07) is 9.64. The number of nitrogens with one attached hydrogen (secondary N) is 1. The maximum atomic E-state index is 11.8. The summed E-state index contributed by atoms with van der Waals surface area (Å²) in [6.07, 6.45) is 2.44. The van der Waals surface area contributed by atoms with Crippen molar-refractivity contribution in [2.24, 2.45) is 0 Å². The van der Waals surface area contributed by atoms with E-state index in [9.17, 15) is 4.79 Å². The summed E-state index contributed by atoms with van der Waals surface area (Å²) in [6.45, 7) is 0.629. The summed E-state index contributed by atoms with van der Waals surface area (Å²) in [5.74, 6) is 1.44. The van der Waals surface area contributed by atoms with E-state index in [0.29, 0.717) is 34.9 Å². The molecule has 1 amide bonds. The average molecular weight is 392 g/mol. The number of hydrogen-bond donors (Lipinski definition) is 1. The SMILES string of the molecule is N#CCCNC(=O)CSc1nnc(COc2ccccc2Cl)n1C1CC1. The van der Waals surface area contributed by atoms with Gasteiger partial charge in [0.05, 0.1) is 23.3 Å². The number of nitrogens with zero attached hydrogens (tertiary/aromatic N) is 4. The maximum Gasteiger partial charge on any atom is 0.230 e. The summed E-state index contributed by atoms with van der Waals surface area (Å²) in [5, 5.41) is 20.9. The van der Waals surface area contributed by atoms with Crippen LogP contribution < -0.4 is 10.1 Å². The molecule has 0 aliphatic heterocycles. The zero-order chi connectivity index (χ0) is 18.4. The molecule has 26 heavy (non-hydrogen) atoms. The van der Waals surface area contributed by atoms with E-state index < -0.39 is 0 Å². The van der Waals surface area contributed by atoms with Gasteiger partial charge in [-0.1, -0.05) is 35.5 Å². The van der Waals surface area contributed by atoms with Crippen molar-refractivity contribution in [3.05, 3.63) is 35.1 Å². The first-order valence-electron chi connectivity index (χ1n) is 8.26. The van der Waals surface area contributed by atoms with Crippen molar-refractivity contribution in [1.29, 1.82) is 5.26 Å². The summed E-state index contributed by atoms with van der Waals surface area (Å²) in [4.78, 5) is 11.8. The molecule has 7 nitrogen and oxygen atoms in total. The molecule has 3 rings (SSSR count). The highest BCUT2D eigenvalue weighted by molar-refractivity contribution is 7.99. The quantitative estimate of drug-likeness (QED) is 0.521. The van der Waals surface area contributed by atoms with E-state index >= 15 is 0 Å². The van der Waals surface area contributed by atoms with Gasteiger partial charge >= 0.3 is 0 Å². The Bertz CT molecular complexity index is 816. The first-order chi connectivity index (χ1) is 12.7. The monoisotopic (exact) mass is 391 g/mol. The fourth-order valence-corrected chi connectivity index (χ4v) is 3.39. The molecular weight excluding hydrogens is 374 g/mol. The summed E-state index contributed by atoms with van der Waals surface area (Å²) < 4.78 is 7.82. The lowest BCUT2D eigenvalue weighted by atomic mass is 10.3. The number of thioether (sulfide) groups is 1. The number of carbonyl (C=O) groups is 1. The Labute approximate surface area is 160 Å². The van der Waals surface area contributed by atoms with Crippen LogP contribution in [0.25, 0.3) is 0 Å². The Balaban J connectivity index is 1.61. The van der Waals surface area contributed by atoms with Crippen LogP contribution in [-0.4, -0.2) is 33.0 Å². The number of halogens is 1. The predicted octanol–water partition coefficient (Wildman–Crippen LogP) is 2.97. The van der Waals surface area contributed by atoms with Crippen molar-refractivity contribution < 1.29 is 9.53 Å². The summed E-state index contributed by atoms with van der Waals surface area (Å²) >= 11 is 7.45. The molecular formula is C17H18ClN5O2S. The zero-order valence-electron chi connectivity index (χ0n) is 14.0. The molecule has 1 heterocycles. The summed E-state index contributed by atoms with van der Waals surface area (Å²) in [5.41, 5.74) is 0. The van der Waals surface area contributed by atoms with Gasteiger partial charge in [0, 0.05) is 12.6 Å². The minimum absolute atomic E-state index is 0.121. The third kappa shape index (κ3) is 4.90. The van der Waals surface area contributed by atoms with Crippen LogP contribution in [0, 0.1) is 11.3 Å². The van der Waals surface area contributed by atoms with E-state index in [1.54, 1.807) is 12.1 Å². The highest BCUT2D eigenvalue weighted by Crippen LogP contribution is 2.39. The van der Waals surface area contributed by atoms with Gasteiger partial charge in [0.1, 0.15) is 12.4 Å². The third-order valence-electron chi connectivity index (χ3n) is 3.73. The van der Waals surface area contributed by atoms with Crippen LogP contribution in [0.1, 0.15) is 31.1 Å². The van der Waals surface area contributed by atoms with Crippen molar-refractivity contribution in [1.82, 2.24) is 20.1 Å². The molecule has 0 spiro atoms. The van der Waals surface area contributed by atoms with Crippen LogP contribution in [0.2, 0.25) is 5.02 Å². The van der Waals surface area contributed by atoms with Crippen molar-refractivity contribution >= 4 is 29.3 Å². The summed E-state index contributed by atoms with van der Waals surface area (Å²) in [7, 11) is 0. The molecule has 136 valence electrons. The molecule has 2 aromatic rings. The van der Waals surface area contributed by atoms with E-state index in [2.05, 4.69) is 15.5 Å². The topological polar surface area (TPSA) is 92.8 Å². The van der Waals surface area contributed by atoms with E-state index in [0.717, 1.165) is 18.7 Å². The lowest BCUT2D eigenvalue weighted by molar-refractivity contribution is -0.118. The second-order valence-corrected chi connectivity index (χ2v) is 7.12. The fourth-order valence-electron chi connectivity index (χ4n) is 2.35. The van der Waals surface area contributed by atoms with Crippen LogP contribution in [-0.2, 0) is 11.4 Å². The number of amides is 1. The van der Waals surface area contributed by atoms with Gasteiger partial charge in [-0.05, 0) is 25.0 Å². The van der Waals surface area contributed by atoms with E-state index in [1.165, 1.54) is 11.8 Å². The number of carbonyl (C=O) groups excluding carboxylic acids is 1. The van der Waals surface area contributed by atoms with Crippen LogP contribution in [0.15, 0.2) is 29.4 Å². The predicted molar refractivity (Wildman–Crippen MR) is 98.0 cm³/mol. The van der Waals surface area contributed by atoms with E-state index in [4.69, 9.17) is 21.6 Å². The molecule has 1 N–H and O–H groups in total. The smallest absolute Gasteiger partial charge is 0.230 e. The van der Waals surface area contributed by atoms with Crippen molar-refractivity contribution in [2.75, 3.05) is 12.3 Å². The highest BCUT2D eigenvalue weighted by atomic mass is 35.5. The van der Waals surface area contributed by atoms with Crippen molar-refractivity contribution in [3.8, 4) is 11.8 Å². The number of aromatic nitrogens is 3. The van der Waals surface area contributed by atoms with Gasteiger partial charge in [0.25, 0.3) is 0 Å². The second kappa shape index (κ2) is 8.92. The minimum atomic E-state index is -0.121. The average Bonchev–Trinajstić information content (AvgIpc) is 3.40. The Hall–Kier alpha value is -2.24. The third-order valence-corrected chi connectivity index (χ3v) is 4.99. The molecule has 1 fully saturated rings. The number of rotatable bonds is 9. The molecule has 0 saturated heterocycles. The Morgan fingerprint density at radius 1 is 1.42 bits per heavy atom. The highest BCUT2D eigenvalue weighted by Gasteiger charge is 2.30. The Kier molecular flexibility index (Phi) is 6.36. The number of ether oxygens (including phenoxy) is 1. The van der Waals surface area contributed by atoms with E-state index in [-0.39, 0.29) is 18.3 Å². The van der Waals surface area contributed by atoms with Gasteiger partial charge in [0.2, 0.25) is 5.91 Å². The van der Waals surface area contributed by atoms with Crippen LogP contribution in [0.3, 0.4) is 0 Å². The molecule has 0 radical (unpaired) electrons. The van der Waals surface area contributed by atoms with Crippen LogP contribution in [0.4, 0.5) is 0 Å². The van der Waals surface area contributed by atoms with Gasteiger partial charge in [0.15, 0.2) is 11.0 Å². The minimum Gasteiger partial charge on any atom is -0.484 e. The first kappa shape index (κ1) is 18.5. The number of nitriles is 1. The zero-order valence-corrected chi connectivity index (χ0v) is 15.6. The van der Waals surface area contributed by atoms with Gasteiger partial charge in [-0.2, -0.15) is 5.26 Å². The lowest BCUT2D eigenvalue weighted by Gasteiger charge is -2.10. The van der Waals surface area contributed by atoms with Gasteiger partial charge in [-0.3, -0.25) is 9.36 Å². The molecule has 1 aliphatic rings. The molecule has 1 aromatic heterocycles. The Morgan fingerprint density at radius 3 is 2.96 bits per heavy atom. The standard InChI is InChI=1S/C17H18ClN5O2S/c18-13-4-1-2-5-14(13)25-10-15-21-22-17(23(15)12-6-7-12)26-11-16(24)20-9-3-8-19/h1-2,4-5,12H,3,6-7,9-11H2,(H,20,24). The van der Waals surface area contributed by atoms with Crippen LogP contribution in [0.5, 0.6) is 5.75 Å². The molecule has 1 aliphatic carbocycles. The maximum absolute atomic E-state index is 11.8. The number of hydrogen-bond acceptors (Lipinski definition) is 6. The molecule has 0 bridgehead atoms. The van der Waals surface area contributed by atoms with Gasteiger partial charge in [-0.15, -0.1) is 10.2 Å². The molecule has 0 unspecified atom stereocenters. The largest absolute Gasteiger partial charge is 0.484 e. The molecule has 1 saturated carbocycles. The van der Waals surface area contributed by atoms with Crippen molar-refractivity contribution in [3.63, 3.8) is 0 Å². The number of para-hydroxylation sites is 1. The molecule has 1 aromatic carbocycles. The molecule has 0 atom stereocenters. The lowest BCUT2D eigenvalue weighted by Crippen LogP contribution is -2.26. The fraction of sp³-hybridized carbons (Fsp3) is 0.412. The Morgan fingerprint density at radius 2 is 2.23 bits per heavy atom. The van der Waals surface area contributed by atoms with E-state index in [1.807, 2.05) is 22.8 Å².